The maximum atomic E-state index is 13.6. The van der Waals surface area contributed by atoms with Gasteiger partial charge in [0.05, 0.1) is 23.0 Å². The number of rotatable bonds is 9. The van der Waals surface area contributed by atoms with Crippen molar-refractivity contribution in [3.8, 4) is 0 Å². The maximum absolute atomic E-state index is 13.6. The predicted molar refractivity (Wildman–Crippen MR) is 155 cm³/mol. The number of hydrogen-bond acceptors (Lipinski definition) is 3. The summed E-state index contributed by atoms with van der Waals surface area (Å²) in [4.78, 5) is 4.23. The smallest absolute Gasteiger partial charge is 0.371 e. The highest BCUT2D eigenvalue weighted by Gasteiger charge is 2.37. The summed E-state index contributed by atoms with van der Waals surface area (Å²) in [5, 5.41) is 4.24. The van der Waals surface area contributed by atoms with Crippen molar-refractivity contribution in [3.05, 3.63) is 76.1 Å². The first kappa shape index (κ1) is 32.0. The largest absolute Gasteiger partial charge is 0.416 e. The second-order valence-electron chi connectivity index (χ2n) is 11.4. The summed E-state index contributed by atoms with van der Waals surface area (Å²) in [6.45, 7) is 4.08. The van der Waals surface area contributed by atoms with Gasteiger partial charge in [0.25, 0.3) is 0 Å². The maximum Gasteiger partial charge on any atom is 0.416 e. The van der Waals surface area contributed by atoms with Crippen LogP contribution in [0.25, 0.3) is 0 Å². The van der Waals surface area contributed by atoms with Crippen molar-refractivity contribution in [1.82, 2.24) is 9.78 Å². The molecule has 0 aliphatic heterocycles. The molecule has 1 heterocycles. The molecular weight excluding hydrogens is 578 g/mol. The SMILES string of the molecule is CCN(CC1CCCC1)c1cc2c(cc1CN(Cc1cc(C(F)(F)F)cc(C(F)(F)F)c1)c1cnn(C)c1)CCC2.Cl. The minimum absolute atomic E-state index is 0. The fourth-order valence-corrected chi connectivity index (χ4v) is 6.33. The molecule has 230 valence electrons. The Bertz CT molecular complexity index is 1330. The van der Waals surface area contributed by atoms with Gasteiger partial charge in [0, 0.05) is 45.1 Å². The van der Waals surface area contributed by atoms with Gasteiger partial charge in [0.2, 0.25) is 0 Å². The molecule has 0 spiro atoms. The van der Waals surface area contributed by atoms with Gasteiger partial charge in [-0.1, -0.05) is 18.9 Å². The average Bonchev–Trinajstić information content (AvgIpc) is 3.67. The van der Waals surface area contributed by atoms with E-state index in [-0.39, 0.29) is 30.6 Å². The third-order valence-electron chi connectivity index (χ3n) is 8.41. The van der Waals surface area contributed by atoms with Crippen LogP contribution < -0.4 is 9.80 Å². The first-order valence-corrected chi connectivity index (χ1v) is 14.3. The fourth-order valence-electron chi connectivity index (χ4n) is 6.33. The Balaban J connectivity index is 0.00000405. The highest BCUT2D eigenvalue weighted by Crippen LogP contribution is 2.38. The van der Waals surface area contributed by atoms with Gasteiger partial charge in [-0.05, 0) is 91.5 Å². The normalized spacial score (nSPS) is 15.5. The summed E-state index contributed by atoms with van der Waals surface area (Å²) < 4.78 is 83.3. The van der Waals surface area contributed by atoms with Crippen LogP contribution in [0.4, 0.5) is 37.7 Å². The van der Waals surface area contributed by atoms with Crippen molar-refractivity contribution in [1.29, 1.82) is 0 Å². The zero-order chi connectivity index (χ0) is 29.4. The van der Waals surface area contributed by atoms with E-state index in [9.17, 15) is 26.3 Å². The molecule has 1 aromatic heterocycles. The highest BCUT2D eigenvalue weighted by atomic mass is 35.5. The van der Waals surface area contributed by atoms with Crippen molar-refractivity contribution in [3.63, 3.8) is 0 Å². The Morgan fingerprint density at radius 2 is 1.45 bits per heavy atom. The van der Waals surface area contributed by atoms with E-state index in [0.29, 0.717) is 18.2 Å². The van der Waals surface area contributed by atoms with E-state index in [1.54, 1.807) is 24.1 Å². The van der Waals surface area contributed by atoms with Crippen LogP contribution in [0, 0.1) is 5.92 Å². The van der Waals surface area contributed by atoms with Gasteiger partial charge in [-0.2, -0.15) is 31.4 Å². The van der Waals surface area contributed by atoms with Crippen molar-refractivity contribution in [2.75, 3.05) is 22.9 Å². The van der Waals surface area contributed by atoms with Crippen LogP contribution in [0.2, 0.25) is 0 Å². The molecule has 5 rings (SSSR count). The van der Waals surface area contributed by atoms with E-state index >= 15 is 0 Å². The third-order valence-corrected chi connectivity index (χ3v) is 8.41. The number of aryl methyl sites for hydroxylation is 3. The van der Waals surface area contributed by atoms with E-state index in [1.807, 2.05) is 4.90 Å². The Morgan fingerprint density at radius 3 is 2.00 bits per heavy atom. The molecular formula is C31H37ClF6N4. The molecule has 0 saturated heterocycles. The molecule has 2 aliphatic rings. The van der Waals surface area contributed by atoms with Crippen LogP contribution >= 0.6 is 12.4 Å². The molecule has 0 bridgehead atoms. The predicted octanol–water partition coefficient (Wildman–Crippen LogP) is 8.59. The van der Waals surface area contributed by atoms with Gasteiger partial charge in [0.15, 0.2) is 0 Å². The zero-order valence-electron chi connectivity index (χ0n) is 23.9. The monoisotopic (exact) mass is 614 g/mol. The summed E-state index contributed by atoms with van der Waals surface area (Å²) in [6, 6.07) is 6.29. The number of benzene rings is 2. The number of nitrogens with zero attached hydrogens (tertiary/aromatic N) is 4. The molecule has 1 fully saturated rings. The number of aromatic nitrogens is 2. The molecule has 1 saturated carbocycles. The van der Waals surface area contributed by atoms with Gasteiger partial charge in [-0.15, -0.1) is 12.4 Å². The number of alkyl halides is 6. The topological polar surface area (TPSA) is 24.3 Å². The first-order valence-electron chi connectivity index (χ1n) is 14.3. The van der Waals surface area contributed by atoms with Gasteiger partial charge in [-0.25, -0.2) is 0 Å². The number of hydrogen-bond donors (Lipinski definition) is 0. The Labute approximate surface area is 249 Å². The molecule has 2 aliphatic carbocycles. The summed E-state index contributed by atoms with van der Waals surface area (Å²) in [6.07, 6.45) is 1.48. The molecule has 0 unspecified atom stereocenters. The number of fused-ring (bicyclic) bond motifs is 1. The second kappa shape index (κ2) is 12.8. The van der Waals surface area contributed by atoms with Crippen molar-refractivity contribution < 1.29 is 26.3 Å². The lowest BCUT2D eigenvalue weighted by Crippen LogP contribution is -2.31. The molecule has 42 heavy (non-hydrogen) atoms. The van der Waals surface area contributed by atoms with Crippen LogP contribution in [-0.2, 0) is 45.3 Å². The molecule has 0 N–H and O–H groups in total. The highest BCUT2D eigenvalue weighted by molar-refractivity contribution is 5.85. The summed E-state index contributed by atoms with van der Waals surface area (Å²) in [5.41, 5.74) is 2.69. The van der Waals surface area contributed by atoms with Gasteiger partial charge < -0.3 is 9.80 Å². The van der Waals surface area contributed by atoms with Crippen LogP contribution in [-0.4, -0.2) is 22.9 Å². The van der Waals surface area contributed by atoms with E-state index in [4.69, 9.17) is 0 Å². The zero-order valence-corrected chi connectivity index (χ0v) is 24.7. The molecule has 2 aromatic carbocycles. The molecule has 0 atom stereocenters. The molecule has 4 nitrogen and oxygen atoms in total. The molecule has 3 aromatic rings. The van der Waals surface area contributed by atoms with E-state index in [0.717, 1.165) is 55.7 Å². The first-order chi connectivity index (χ1) is 19.4. The minimum Gasteiger partial charge on any atom is -0.371 e. The number of anilines is 2. The van der Waals surface area contributed by atoms with E-state index in [2.05, 4.69) is 29.1 Å². The lowest BCUT2D eigenvalue weighted by molar-refractivity contribution is -0.143. The molecule has 0 radical (unpaired) electrons. The van der Waals surface area contributed by atoms with Gasteiger partial charge >= 0.3 is 12.4 Å². The lowest BCUT2D eigenvalue weighted by atomic mass is 10.00. The second-order valence-corrected chi connectivity index (χ2v) is 11.4. The Morgan fingerprint density at radius 1 is 0.833 bits per heavy atom. The summed E-state index contributed by atoms with van der Waals surface area (Å²) in [7, 11) is 1.73. The van der Waals surface area contributed by atoms with Crippen molar-refractivity contribution in [2.24, 2.45) is 13.0 Å². The lowest BCUT2D eigenvalue weighted by Gasteiger charge is -2.32. The van der Waals surface area contributed by atoms with Crippen LogP contribution in [0.3, 0.4) is 0 Å². The summed E-state index contributed by atoms with van der Waals surface area (Å²) >= 11 is 0. The third kappa shape index (κ3) is 7.36. The van der Waals surface area contributed by atoms with Crippen molar-refractivity contribution >= 4 is 23.8 Å². The molecule has 0 amide bonds. The fraction of sp³-hybridized carbons (Fsp3) is 0.516. The van der Waals surface area contributed by atoms with Crippen LogP contribution in [0.15, 0.2) is 42.7 Å². The van der Waals surface area contributed by atoms with Gasteiger partial charge in [-0.3, -0.25) is 4.68 Å². The minimum atomic E-state index is -4.90. The molecule has 11 heteroatoms. The standard InChI is InChI=1S/C31H36F6N4.ClH/c1-3-40(17-21-7-4-5-8-21)29-14-24-10-6-9-23(24)13-25(29)19-41(28-16-38-39(2)20-28)18-22-11-26(30(32,33)34)15-27(12-22)31(35,36)37;/h11-16,20-21H,3-10,17-19H2,1-2H3;1H. The van der Waals surface area contributed by atoms with E-state index in [1.165, 1.54) is 36.8 Å². The number of halogens is 7. The summed E-state index contributed by atoms with van der Waals surface area (Å²) in [5.74, 6) is 0.622. The Kier molecular flexibility index (Phi) is 9.75. The Hall–Kier alpha value is -2.88. The van der Waals surface area contributed by atoms with E-state index < -0.39 is 23.5 Å². The average molecular weight is 615 g/mol. The van der Waals surface area contributed by atoms with Crippen molar-refractivity contribution in [2.45, 2.75) is 77.3 Å². The quantitative estimate of drug-likeness (QED) is 0.226. The van der Waals surface area contributed by atoms with Crippen LogP contribution in [0.1, 0.15) is 72.4 Å². The van der Waals surface area contributed by atoms with Gasteiger partial charge in [0.1, 0.15) is 0 Å². The van der Waals surface area contributed by atoms with Crippen LogP contribution in [0.5, 0.6) is 0 Å².